The van der Waals surface area contributed by atoms with Crippen LogP contribution in [0.25, 0.3) is 22.7 Å². The molecular weight excluding hydrogens is 396 g/mol. The average Bonchev–Trinajstić information content (AvgIpc) is 3.02. The predicted molar refractivity (Wildman–Crippen MR) is 103 cm³/mol. The molecule has 0 atom stereocenters. The van der Waals surface area contributed by atoms with Crippen LogP contribution >= 0.6 is 15.9 Å². The summed E-state index contributed by atoms with van der Waals surface area (Å²) in [5.41, 5.74) is 8.82. The lowest BCUT2D eigenvalue weighted by molar-refractivity contribution is -0.119. The van der Waals surface area contributed by atoms with Crippen LogP contribution in [-0.2, 0) is 4.79 Å². The summed E-state index contributed by atoms with van der Waals surface area (Å²) < 4.78 is 6.09. The SMILES string of the molecule is Cc1cc(/C=C(\C#N)c2nc3ccccc3[nH]2)cc(Br)c1OCC(N)=O. The fourth-order valence-corrected chi connectivity index (χ4v) is 3.26. The third-order valence-corrected chi connectivity index (χ3v) is 4.28. The maximum atomic E-state index is 10.9. The number of ether oxygens (including phenoxy) is 1. The topological polar surface area (TPSA) is 105 Å². The molecule has 0 saturated heterocycles. The van der Waals surface area contributed by atoms with Crippen molar-refractivity contribution in [2.75, 3.05) is 6.61 Å². The van der Waals surface area contributed by atoms with E-state index >= 15 is 0 Å². The van der Waals surface area contributed by atoms with Crippen molar-refractivity contribution in [1.29, 1.82) is 5.26 Å². The first-order valence-electron chi connectivity index (χ1n) is 7.76. The molecule has 0 unspecified atom stereocenters. The summed E-state index contributed by atoms with van der Waals surface area (Å²) in [6.45, 7) is 1.66. The van der Waals surface area contributed by atoms with Gasteiger partial charge in [0.25, 0.3) is 5.91 Å². The zero-order chi connectivity index (χ0) is 18.7. The van der Waals surface area contributed by atoms with Gasteiger partial charge in [0.1, 0.15) is 17.6 Å². The van der Waals surface area contributed by atoms with Gasteiger partial charge in [0, 0.05) is 0 Å². The van der Waals surface area contributed by atoms with Gasteiger partial charge in [-0.3, -0.25) is 4.79 Å². The number of aryl methyl sites for hydroxylation is 1. The number of hydrogen-bond donors (Lipinski definition) is 2. The van der Waals surface area contributed by atoms with E-state index in [0.717, 1.165) is 22.2 Å². The number of para-hydroxylation sites is 2. The van der Waals surface area contributed by atoms with Crippen molar-refractivity contribution in [2.24, 2.45) is 5.73 Å². The van der Waals surface area contributed by atoms with E-state index in [9.17, 15) is 10.1 Å². The molecule has 1 aromatic heterocycles. The van der Waals surface area contributed by atoms with E-state index < -0.39 is 5.91 Å². The van der Waals surface area contributed by atoms with Crippen molar-refractivity contribution in [3.05, 3.63) is 57.8 Å². The third kappa shape index (κ3) is 3.76. The van der Waals surface area contributed by atoms with Gasteiger partial charge in [0.15, 0.2) is 6.61 Å². The monoisotopic (exact) mass is 410 g/mol. The van der Waals surface area contributed by atoms with Crippen molar-refractivity contribution in [2.45, 2.75) is 6.92 Å². The minimum atomic E-state index is -0.545. The van der Waals surface area contributed by atoms with Crippen LogP contribution in [0.5, 0.6) is 5.75 Å². The number of rotatable bonds is 5. The molecule has 7 heteroatoms. The van der Waals surface area contributed by atoms with Gasteiger partial charge >= 0.3 is 0 Å². The molecule has 1 heterocycles. The molecule has 0 fully saturated rings. The van der Waals surface area contributed by atoms with E-state index in [0.29, 0.717) is 21.6 Å². The molecule has 0 bridgehead atoms. The second-order valence-corrected chi connectivity index (χ2v) is 6.53. The smallest absolute Gasteiger partial charge is 0.255 e. The van der Waals surface area contributed by atoms with E-state index in [1.807, 2.05) is 43.3 Å². The number of nitrogens with one attached hydrogen (secondary N) is 1. The van der Waals surface area contributed by atoms with Crippen LogP contribution in [-0.4, -0.2) is 22.5 Å². The van der Waals surface area contributed by atoms with E-state index in [-0.39, 0.29) is 6.61 Å². The summed E-state index contributed by atoms with van der Waals surface area (Å²) in [7, 11) is 0. The molecule has 0 spiro atoms. The summed E-state index contributed by atoms with van der Waals surface area (Å²) in [6.07, 6.45) is 1.74. The van der Waals surface area contributed by atoms with Crippen LogP contribution in [0.3, 0.4) is 0 Å². The number of imidazole rings is 1. The van der Waals surface area contributed by atoms with Crippen LogP contribution in [0.4, 0.5) is 0 Å². The number of nitrogens with two attached hydrogens (primary N) is 1. The number of nitriles is 1. The minimum absolute atomic E-state index is 0.197. The normalized spacial score (nSPS) is 11.3. The molecule has 130 valence electrons. The second kappa shape index (κ2) is 7.42. The lowest BCUT2D eigenvalue weighted by atomic mass is 10.1. The Labute approximate surface area is 158 Å². The lowest BCUT2D eigenvalue weighted by Gasteiger charge is -2.11. The summed E-state index contributed by atoms with van der Waals surface area (Å²) in [4.78, 5) is 18.5. The maximum Gasteiger partial charge on any atom is 0.255 e. The fourth-order valence-electron chi connectivity index (χ4n) is 2.57. The number of primary amides is 1. The Morgan fingerprint density at radius 1 is 1.42 bits per heavy atom. The summed E-state index contributed by atoms with van der Waals surface area (Å²) in [5, 5.41) is 9.54. The van der Waals surface area contributed by atoms with Crippen molar-refractivity contribution in [3.8, 4) is 11.8 Å². The number of allylic oxidation sites excluding steroid dienone is 1. The van der Waals surface area contributed by atoms with Gasteiger partial charge < -0.3 is 15.5 Å². The Morgan fingerprint density at radius 2 is 2.19 bits per heavy atom. The number of nitrogens with zero attached hydrogens (tertiary/aromatic N) is 2. The Balaban J connectivity index is 1.96. The zero-order valence-corrected chi connectivity index (χ0v) is 15.5. The highest BCUT2D eigenvalue weighted by atomic mass is 79.9. The number of H-pyrrole nitrogens is 1. The van der Waals surface area contributed by atoms with Crippen molar-refractivity contribution in [1.82, 2.24) is 9.97 Å². The van der Waals surface area contributed by atoms with Crippen LogP contribution in [0.15, 0.2) is 40.9 Å². The molecule has 0 radical (unpaired) electrons. The molecule has 0 aliphatic carbocycles. The van der Waals surface area contributed by atoms with Crippen molar-refractivity contribution < 1.29 is 9.53 Å². The van der Waals surface area contributed by atoms with Gasteiger partial charge in [-0.1, -0.05) is 12.1 Å². The number of hydrogen-bond acceptors (Lipinski definition) is 4. The summed E-state index contributed by atoms with van der Waals surface area (Å²) in [6, 6.07) is 13.5. The van der Waals surface area contributed by atoms with Gasteiger partial charge in [-0.2, -0.15) is 5.26 Å². The van der Waals surface area contributed by atoms with Crippen LogP contribution in [0.1, 0.15) is 17.0 Å². The average molecular weight is 411 g/mol. The lowest BCUT2D eigenvalue weighted by Crippen LogP contribution is -2.20. The Kier molecular flexibility index (Phi) is 5.05. The minimum Gasteiger partial charge on any atom is -0.482 e. The van der Waals surface area contributed by atoms with Gasteiger partial charge in [0.2, 0.25) is 0 Å². The van der Waals surface area contributed by atoms with Gasteiger partial charge in [-0.05, 0) is 64.3 Å². The van der Waals surface area contributed by atoms with Crippen LogP contribution < -0.4 is 10.5 Å². The molecule has 0 aliphatic heterocycles. The molecule has 1 amide bonds. The van der Waals surface area contributed by atoms with Gasteiger partial charge in [-0.15, -0.1) is 0 Å². The summed E-state index contributed by atoms with van der Waals surface area (Å²) in [5.74, 6) is 0.511. The zero-order valence-electron chi connectivity index (χ0n) is 13.9. The predicted octanol–water partition coefficient (Wildman–Crippen LogP) is 3.56. The first kappa shape index (κ1) is 17.7. The van der Waals surface area contributed by atoms with E-state index in [1.165, 1.54) is 0 Å². The number of amides is 1. The molecule has 6 nitrogen and oxygen atoms in total. The summed E-state index contributed by atoms with van der Waals surface area (Å²) >= 11 is 3.43. The Bertz CT molecular complexity index is 1010. The highest BCUT2D eigenvalue weighted by Gasteiger charge is 2.11. The van der Waals surface area contributed by atoms with Gasteiger partial charge in [-0.25, -0.2) is 4.98 Å². The van der Waals surface area contributed by atoms with E-state index in [1.54, 1.807) is 6.08 Å². The number of aromatic amines is 1. The molecule has 3 N–H and O–H groups in total. The largest absolute Gasteiger partial charge is 0.482 e. The molecule has 0 saturated carbocycles. The molecule has 2 aromatic carbocycles. The Morgan fingerprint density at radius 3 is 2.85 bits per heavy atom. The molecule has 3 rings (SSSR count). The first-order valence-corrected chi connectivity index (χ1v) is 8.55. The molecule has 0 aliphatic rings. The van der Waals surface area contributed by atoms with Crippen molar-refractivity contribution >= 4 is 44.5 Å². The first-order chi connectivity index (χ1) is 12.5. The van der Waals surface area contributed by atoms with E-state index in [2.05, 4.69) is 32.0 Å². The fraction of sp³-hybridized carbons (Fsp3) is 0.105. The molecule has 26 heavy (non-hydrogen) atoms. The number of fused-ring (bicyclic) bond motifs is 1. The highest BCUT2D eigenvalue weighted by molar-refractivity contribution is 9.10. The molecular formula is C19H15BrN4O2. The van der Waals surface area contributed by atoms with Gasteiger partial charge in [0.05, 0.1) is 21.1 Å². The Hall–Kier alpha value is -3.11. The maximum absolute atomic E-state index is 10.9. The van der Waals surface area contributed by atoms with Crippen LogP contribution in [0.2, 0.25) is 0 Å². The number of aromatic nitrogens is 2. The second-order valence-electron chi connectivity index (χ2n) is 5.68. The third-order valence-electron chi connectivity index (χ3n) is 3.69. The molecule has 3 aromatic rings. The number of carbonyl (C=O) groups is 1. The quantitative estimate of drug-likeness (QED) is 0.627. The highest BCUT2D eigenvalue weighted by Crippen LogP contribution is 2.31. The van der Waals surface area contributed by atoms with E-state index in [4.69, 9.17) is 10.5 Å². The standard InChI is InChI=1S/C19H15BrN4O2/c1-11-6-12(8-14(20)18(11)26-10-17(22)25)7-13(9-21)19-23-15-4-2-3-5-16(15)24-19/h2-8H,10H2,1H3,(H2,22,25)(H,23,24)/b13-7+. The number of benzene rings is 2. The van der Waals surface area contributed by atoms with Crippen LogP contribution in [0, 0.1) is 18.3 Å². The van der Waals surface area contributed by atoms with Crippen molar-refractivity contribution in [3.63, 3.8) is 0 Å². The number of carbonyl (C=O) groups excluding carboxylic acids is 1. The number of halogens is 1.